The maximum atomic E-state index is 12.5. The van der Waals surface area contributed by atoms with Crippen molar-refractivity contribution in [2.75, 3.05) is 0 Å². The zero-order chi connectivity index (χ0) is 17.7. The Hall–Kier alpha value is -2.09. The predicted octanol–water partition coefficient (Wildman–Crippen LogP) is 5.90. The number of hydrogen-bond donors (Lipinski definition) is 0. The lowest BCUT2D eigenvalue weighted by Gasteiger charge is -2.48. The molecular weight excluding hydrogens is 320 g/mol. The molecule has 0 radical (unpaired) electrons. The summed E-state index contributed by atoms with van der Waals surface area (Å²) in [6.45, 7) is 2.25. The van der Waals surface area contributed by atoms with Crippen LogP contribution in [0.15, 0.2) is 48.5 Å². The summed E-state index contributed by atoms with van der Waals surface area (Å²) in [7, 11) is 0. The van der Waals surface area contributed by atoms with Gasteiger partial charge in [-0.1, -0.05) is 31.2 Å². The van der Waals surface area contributed by atoms with Crippen molar-refractivity contribution < 1.29 is 9.53 Å². The summed E-state index contributed by atoms with van der Waals surface area (Å²) in [5.41, 5.74) is 2.94. The molecule has 0 heterocycles. The number of ether oxygens (including phenoxy) is 1. The minimum atomic E-state index is -0.0327. The Morgan fingerprint density at radius 2 is 1.81 bits per heavy atom. The highest BCUT2D eigenvalue weighted by Crippen LogP contribution is 2.59. The van der Waals surface area contributed by atoms with Crippen molar-refractivity contribution in [1.29, 1.82) is 0 Å². The fourth-order valence-corrected chi connectivity index (χ4v) is 6.02. The van der Waals surface area contributed by atoms with Gasteiger partial charge in [-0.15, -0.1) is 0 Å². The van der Waals surface area contributed by atoms with E-state index in [2.05, 4.69) is 25.1 Å². The second-order valence-electron chi connectivity index (χ2n) is 8.61. The number of hydrogen-bond acceptors (Lipinski definition) is 2. The molecule has 2 saturated carbocycles. The van der Waals surface area contributed by atoms with Crippen molar-refractivity contribution in [2.24, 2.45) is 17.3 Å². The van der Waals surface area contributed by atoms with Crippen LogP contribution in [-0.4, -0.2) is 5.78 Å². The van der Waals surface area contributed by atoms with E-state index in [-0.39, 0.29) is 5.41 Å². The molecule has 0 unspecified atom stereocenters. The Balaban J connectivity index is 1.42. The molecule has 134 valence electrons. The zero-order valence-corrected chi connectivity index (χ0v) is 15.4. The van der Waals surface area contributed by atoms with Gasteiger partial charge in [0.1, 0.15) is 17.3 Å². The van der Waals surface area contributed by atoms with Crippen LogP contribution < -0.4 is 4.74 Å². The maximum Gasteiger partial charge on any atom is 0.139 e. The maximum absolute atomic E-state index is 12.5. The van der Waals surface area contributed by atoms with Crippen molar-refractivity contribution in [3.63, 3.8) is 0 Å². The Morgan fingerprint density at radius 1 is 0.962 bits per heavy atom. The number of ketones is 1. The van der Waals surface area contributed by atoms with Gasteiger partial charge >= 0.3 is 0 Å². The average Bonchev–Trinajstić information content (AvgIpc) is 2.97. The van der Waals surface area contributed by atoms with Crippen molar-refractivity contribution in [3.05, 3.63) is 59.7 Å². The molecule has 2 heteroatoms. The lowest BCUT2D eigenvalue weighted by atomic mass is 9.55. The molecule has 0 bridgehead atoms. The fourth-order valence-electron chi connectivity index (χ4n) is 6.02. The standard InChI is InChI=1S/C24H26O2/c1-24-14-13-20-19-10-8-18(26-17-5-3-2-4-6-17)15-16(19)7-9-21(20)22(24)11-12-23(24)25/h2-6,8,10,15,20-22H,7,9,11-14H2,1H3/t20-,21-,22+,24+/m1/s1. The number of fused-ring (bicyclic) bond motifs is 5. The first kappa shape index (κ1) is 16.1. The molecule has 0 N–H and O–H groups in total. The van der Waals surface area contributed by atoms with Gasteiger partial charge in [-0.2, -0.15) is 0 Å². The lowest BCUT2D eigenvalue weighted by Crippen LogP contribution is -2.42. The molecule has 5 rings (SSSR count). The van der Waals surface area contributed by atoms with E-state index in [9.17, 15) is 4.79 Å². The second kappa shape index (κ2) is 5.97. The monoisotopic (exact) mass is 346 g/mol. The van der Waals surface area contributed by atoms with Crippen LogP contribution in [0.25, 0.3) is 0 Å². The van der Waals surface area contributed by atoms with E-state index in [0.717, 1.165) is 43.6 Å². The number of benzene rings is 2. The van der Waals surface area contributed by atoms with Crippen LogP contribution in [0.4, 0.5) is 0 Å². The fraction of sp³-hybridized carbons (Fsp3) is 0.458. The van der Waals surface area contributed by atoms with E-state index >= 15 is 0 Å². The Labute approximate surface area is 155 Å². The quantitative estimate of drug-likeness (QED) is 0.676. The highest BCUT2D eigenvalue weighted by molar-refractivity contribution is 5.87. The summed E-state index contributed by atoms with van der Waals surface area (Å²) in [4.78, 5) is 12.5. The number of para-hydroxylation sites is 1. The molecule has 3 aliphatic rings. The first-order valence-electron chi connectivity index (χ1n) is 10.0. The summed E-state index contributed by atoms with van der Waals surface area (Å²) in [5.74, 6) is 4.27. The molecule has 2 fully saturated rings. The van der Waals surface area contributed by atoms with Crippen molar-refractivity contribution >= 4 is 5.78 Å². The van der Waals surface area contributed by atoms with Crippen LogP contribution in [0.1, 0.15) is 56.1 Å². The predicted molar refractivity (Wildman–Crippen MR) is 103 cm³/mol. The molecule has 2 aromatic rings. The topological polar surface area (TPSA) is 26.3 Å². The Morgan fingerprint density at radius 3 is 2.65 bits per heavy atom. The van der Waals surface area contributed by atoms with Crippen molar-refractivity contribution in [1.82, 2.24) is 0 Å². The van der Waals surface area contributed by atoms with Gasteiger partial charge < -0.3 is 4.74 Å². The molecule has 0 aromatic heterocycles. The van der Waals surface area contributed by atoms with Gasteiger partial charge in [0, 0.05) is 11.8 Å². The van der Waals surface area contributed by atoms with E-state index in [1.165, 1.54) is 17.5 Å². The normalized spacial score (nSPS) is 32.5. The first-order chi connectivity index (χ1) is 12.6. The highest BCUT2D eigenvalue weighted by atomic mass is 16.5. The number of aryl methyl sites for hydroxylation is 1. The van der Waals surface area contributed by atoms with Gasteiger partial charge in [-0.05, 0) is 85.3 Å². The van der Waals surface area contributed by atoms with E-state index in [1.807, 2.05) is 30.3 Å². The summed E-state index contributed by atoms with van der Waals surface area (Å²) < 4.78 is 6.04. The largest absolute Gasteiger partial charge is 0.457 e. The van der Waals surface area contributed by atoms with Crippen LogP contribution in [0, 0.1) is 17.3 Å². The molecule has 26 heavy (non-hydrogen) atoms. The molecule has 0 aliphatic heterocycles. The number of rotatable bonds is 2. The van der Waals surface area contributed by atoms with Gasteiger partial charge in [-0.25, -0.2) is 0 Å². The van der Waals surface area contributed by atoms with Crippen LogP contribution >= 0.6 is 0 Å². The molecule has 0 saturated heterocycles. The Kier molecular flexibility index (Phi) is 3.70. The van der Waals surface area contributed by atoms with Crippen molar-refractivity contribution in [2.45, 2.75) is 51.4 Å². The van der Waals surface area contributed by atoms with E-state index in [1.54, 1.807) is 0 Å². The van der Waals surface area contributed by atoms with Crippen molar-refractivity contribution in [3.8, 4) is 11.5 Å². The van der Waals surface area contributed by atoms with E-state index < -0.39 is 0 Å². The number of carbonyl (C=O) groups excluding carboxylic acids is 1. The number of carbonyl (C=O) groups is 1. The number of Topliss-reactive ketones (excluding diaryl/α,β-unsaturated/α-hetero) is 1. The molecule has 2 nitrogen and oxygen atoms in total. The lowest BCUT2D eigenvalue weighted by molar-refractivity contribution is -0.129. The minimum absolute atomic E-state index is 0.0327. The molecule has 0 spiro atoms. The summed E-state index contributed by atoms with van der Waals surface area (Å²) >= 11 is 0. The second-order valence-corrected chi connectivity index (χ2v) is 8.61. The Bertz CT molecular complexity index is 841. The summed E-state index contributed by atoms with van der Waals surface area (Å²) in [5, 5.41) is 0. The molecule has 2 aromatic carbocycles. The van der Waals surface area contributed by atoms with Gasteiger partial charge in [-0.3, -0.25) is 4.79 Å². The zero-order valence-electron chi connectivity index (χ0n) is 15.4. The van der Waals surface area contributed by atoms with Crippen LogP contribution in [0.5, 0.6) is 11.5 Å². The molecular formula is C24H26O2. The van der Waals surface area contributed by atoms with E-state index in [4.69, 9.17) is 4.74 Å². The van der Waals surface area contributed by atoms with Crippen LogP contribution in [0.3, 0.4) is 0 Å². The molecule has 0 amide bonds. The third-order valence-electron chi connectivity index (χ3n) is 7.39. The van der Waals surface area contributed by atoms with Gasteiger partial charge in [0.25, 0.3) is 0 Å². The average molecular weight is 346 g/mol. The molecule has 3 aliphatic carbocycles. The van der Waals surface area contributed by atoms with E-state index in [0.29, 0.717) is 23.5 Å². The smallest absolute Gasteiger partial charge is 0.139 e. The van der Waals surface area contributed by atoms with Gasteiger partial charge in [0.15, 0.2) is 0 Å². The minimum Gasteiger partial charge on any atom is -0.457 e. The van der Waals surface area contributed by atoms with Gasteiger partial charge in [0.05, 0.1) is 0 Å². The van der Waals surface area contributed by atoms with Crippen LogP contribution in [0.2, 0.25) is 0 Å². The summed E-state index contributed by atoms with van der Waals surface area (Å²) in [6, 6.07) is 16.7. The third kappa shape index (κ3) is 2.42. The van der Waals surface area contributed by atoms with Crippen LogP contribution in [-0.2, 0) is 11.2 Å². The first-order valence-corrected chi connectivity index (χ1v) is 10.0. The summed E-state index contributed by atoms with van der Waals surface area (Å²) in [6.07, 6.45) is 6.49. The van der Waals surface area contributed by atoms with Gasteiger partial charge in [0.2, 0.25) is 0 Å². The highest BCUT2D eigenvalue weighted by Gasteiger charge is 2.54. The SMILES string of the molecule is C[C@]12CC[C@@H]3c4ccc(Oc5ccccc5)cc4CC[C@H]3[C@@H]1CCC2=O. The third-order valence-corrected chi connectivity index (χ3v) is 7.39. The molecule has 4 atom stereocenters.